The van der Waals surface area contributed by atoms with Crippen molar-refractivity contribution in [1.82, 2.24) is 4.72 Å². The van der Waals surface area contributed by atoms with Gasteiger partial charge >= 0.3 is 0 Å². The van der Waals surface area contributed by atoms with Crippen LogP contribution in [0.4, 0.5) is 5.69 Å². The van der Waals surface area contributed by atoms with Gasteiger partial charge in [-0.1, -0.05) is 11.6 Å². The lowest BCUT2D eigenvalue weighted by molar-refractivity contribution is 0.129. The van der Waals surface area contributed by atoms with Crippen LogP contribution in [-0.4, -0.2) is 28.2 Å². The molecule has 0 saturated heterocycles. The molecule has 3 N–H and O–H groups in total. The molecule has 0 unspecified atom stereocenters. The van der Waals surface area contributed by atoms with Gasteiger partial charge in [-0.3, -0.25) is 0 Å². The molecule has 1 aliphatic carbocycles. The molecule has 106 valence electrons. The van der Waals surface area contributed by atoms with Crippen LogP contribution in [0.3, 0.4) is 0 Å². The van der Waals surface area contributed by atoms with Gasteiger partial charge in [-0.25, -0.2) is 13.1 Å². The van der Waals surface area contributed by atoms with E-state index in [0.29, 0.717) is 18.2 Å². The molecule has 0 heterocycles. The summed E-state index contributed by atoms with van der Waals surface area (Å²) in [4.78, 5) is 0.105. The molecule has 0 atom stereocenters. The van der Waals surface area contributed by atoms with Crippen LogP contribution >= 0.6 is 11.6 Å². The number of sulfonamides is 1. The van der Waals surface area contributed by atoms with Gasteiger partial charge in [0.15, 0.2) is 0 Å². The first kappa shape index (κ1) is 14.6. The number of ether oxygens (including phenoxy) is 1. The molecule has 0 spiro atoms. The quantitative estimate of drug-likeness (QED) is 0.592. The Kier molecular flexibility index (Phi) is 4.67. The minimum absolute atomic E-state index is 0.105. The lowest BCUT2D eigenvalue weighted by Crippen LogP contribution is -2.27. The lowest BCUT2D eigenvalue weighted by Gasteiger charge is -2.08. The van der Waals surface area contributed by atoms with Gasteiger partial charge in [0.1, 0.15) is 0 Å². The van der Waals surface area contributed by atoms with Crippen LogP contribution in [0.1, 0.15) is 12.8 Å². The lowest BCUT2D eigenvalue weighted by atomic mass is 10.3. The normalized spacial score (nSPS) is 15.6. The molecule has 0 amide bonds. The zero-order valence-corrected chi connectivity index (χ0v) is 12.0. The van der Waals surface area contributed by atoms with Crippen molar-refractivity contribution in [3.63, 3.8) is 0 Å². The molecule has 1 saturated carbocycles. The van der Waals surface area contributed by atoms with Crippen LogP contribution < -0.4 is 10.5 Å². The highest BCUT2D eigenvalue weighted by Gasteiger charge is 2.21. The van der Waals surface area contributed by atoms with Gasteiger partial charge in [0.05, 0.1) is 22.2 Å². The Morgan fingerprint density at radius 2 is 2.16 bits per heavy atom. The SMILES string of the molecule is Nc1ccc(S(=O)(=O)NCCOCC2CC2)cc1Cl. The third-order valence-electron chi connectivity index (χ3n) is 2.87. The highest BCUT2D eigenvalue weighted by Crippen LogP contribution is 2.28. The third kappa shape index (κ3) is 4.35. The molecule has 19 heavy (non-hydrogen) atoms. The molecule has 2 rings (SSSR count). The van der Waals surface area contributed by atoms with Crippen molar-refractivity contribution >= 4 is 27.3 Å². The largest absolute Gasteiger partial charge is 0.398 e. The number of halogens is 1. The van der Waals surface area contributed by atoms with Crippen molar-refractivity contribution < 1.29 is 13.2 Å². The van der Waals surface area contributed by atoms with E-state index >= 15 is 0 Å². The summed E-state index contributed by atoms with van der Waals surface area (Å²) in [6, 6.07) is 4.24. The van der Waals surface area contributed by atoms with E-state index in [9.17, 15) is 8.42 Å². The summed E-state index contributed by atoms with van der Waals surface area (Å²) < 4.78 is 31.7. The van der Waals surface area contributed by atoms with E-state index in [1.165, 1.54) is 31.0 Å². The Morgan fingerprint density at radius 1 is 1.42 bits per heavy atom. The molecule has 0 aromatic heterocycles. The molecule has 1 aromatic carbocycles. The monoisotopic (exact) mass is 304 g/mol. The number of anilines is 1. The van der Waals surface area contributed by atoms with E-state index < -0.39 is 10.0 Å². The summed E-state index contributed by atoms with van der Waals surface area (Å²) in [7, 11) is -3.55. The average molecular weight is 305 g/mol. The highest BCUT2D eigenvalue weighted by atomic mass is 35.5. The molecule has 1 fully saturated rings. The van der Waals surface area contributed by atoms with E-state index in [0.717, 1.165) is 6.61 Å². The second-order valence-corrected chi connectivity index (χ2v) is 6.77. The molecule has 0 aliphatic heterocycles. The number of rotatable bonds is 7. The maximum atomic E-state index is 11.9. The molecular weight excluding hydrogens is 288 g/mol. The fourth-order valence-electron chi connectivity index (χ4n) is 1.54. The number of hydrogen-bond acceptors (Lipinski definition) is 4. The van der Waals surface area contributed by atoms with Gasteiger partial charge in [0.25, 0.3) is 0 Å². The Labute approximate surface area is 118 Å². The maximum Gasteiger partial charge on any atom is 0.240 e. The minimum Gasteiger partial charge on any atom is -0.398 e. The van der Waals surface area contributed by atoms with Gasteiger partial charge in [-0.05, 0) is 37.0 Å². The van der Waals surface area contributed by atoms with Gasteiger partial charge in [-0.15, -0.1) is 0 Å². The van der Waals surface area contributed by atoms with Gasteiger partial charge in [0.2, 0.25) is 10.0 Å². The summed E-state index contributed by atoms with van der Waals surface area (Å²) in [5, 5.41) is 0.229. The van der Waals surface area contributed by atoms with Gasteiger partial charge < -0.3 is 10.5 Å². The zero-order valence-electron chi connectivity index (χ0n) is 10.4. The maximum absolute atomic E-state index is 11.9. The zero-order chi connectivity index (χ0) is 13.9. The molecule has 1 aliphatic rings. The van der Waals surface area contributed by atoms with Crippen molar-refractivity contribution in [3.05, 3.63) is 23.2 Å². The molecule has 7 heteroatoms. The van der Waals surface area contributed by atoms with Crippen LogP contribution in [-0.2, 0) is 14.8 Å². The van der Waals surface area contributed by atoms with Crippen LogP contribution in [0.15, 0.2) is 23.1 Å². The fraction of sp³-hybridized carbons (Fsp3) is 0.500. The minimum atomic E-state index is -3.55. The van der Waals surface area contributed by atoms with Crippen LogP contribution in [0.25, 0.3) is 0 Å². The molecule has 1 aromatic rings. The Bertz CT molecular complexity index is 544. The van der Waals surface area contributed by atoms with Crippen molar-refractivity contribution in [1.29, 1.82) is 0 Å². The van der Waals surface area contributed by atoms with Crippen molar-refractivity contribution in [2.45, 2.75) is 17.7 Å². The summed E-state index contributed by atoms with van der Waals surface area (Å²) in [5.41, 5.74) is 5.89. The topological polar surface area (TPSA) is 81.4 Å². The van der Waals surface area contributed by atoms with E-state index in [1.54, 1.807) is 0 Å². The Balaban J connectivity index is 1.84. The van der Waals surface area contributed by atoms with Crippen LogP contribution in [0.5, 0.6) is 0 Å². The first-order valence-corrected chi connectivity index (χ1v) is 7.97. The highest BCUT2D eigenvalue weighted by molar-refractivity contribution is 7.89. The van der Waals surface area contributed by atoms with E-state index in [1.807, 2.05) is 0 Å². The Hall–Kier alpha value is -0.820. The summed E-state index contributed by atoms with van der Waals surface area (Å²) in [5.74, 6) is 0.674. The van der Waals surface area contributed by atoms with E-state index in [-0.39, 0.29) is 16.5 Å². The number of nitrogens with two attached hydrogens (primary N) is 1. The Morgan fingerprint density at radius 3 is 2.79 bits per heavy atom. The molecule has 0 bridgehead atoms. The van der Waals surface area contributed by atoms with Crippen molar-refractivity contribution in [2.24, 2.45) is 5.92 Å². The van der Waals surface area contributed by atoms with Crippen LogP contribution in [0, 0.1) is 5.92 Å². The van der Waals surface area contributed by atoms with Crippen molar-refractivity contribution in [2.75, 3.05) is 25.5 Å². The second-order valence-electron chi connectivity index (χ2n) is 4.60. The van der Waals surface area contributed by atoms with Crippen LogP contribution in [0.2, 0.25) is 5.02 Å². The first-order chi connectivity index (χ1) is 8.99. The van der Waals surface area contributed by atoms with Crippen molar-refractivity contribution in [3.8, 4) is 0 Å². The fourth-order valence-corrected chi connectivity index (χ4v) is 2.83. The van der Waals surface area contributed by atoms with E-state index in [2.05, 4.69) is 4.72 Å². The number of hydrogen-bond donors (Lipinski definition) is 2. The standard InChI is InChI=1S/C12H17ClN2O3S/c13-11-7-10(3-4-12(11)14)19(16,17)15-5-6-18-8-9-1-2-9/h3-4,7,9,15H,1-2,5-6,8,14H2. The molecule has 0 radical (unpaired) electrons. The predicted molar refractivity (Wildman–Crippen MR) is 74.6 cm³/mol. The van der Waals surface area contributed by atoms with Gasteiger partial charge in [-0.2, -0.15) is 0 Å². The summed E-state index contributed by atoms with van der Waals surface area (Å²) in [6.07, 6.45) is 2.44. The van der Waals surface area contributed by atoms with Gasteiger partial charge in [0, 0.05) is 13.2 Å². The average Bonchev–Trinajstić information content (AvgIpc) is 3.16. The smallest absolute Gasteiger partial charge is 0.240 e. The summed E-state index contributed by atoms with van der Waals surface area (Å²) in [6.45, 7) is 1.34. The third-order valence-corrected chi connectivity index (χ3v) is 4.66. The van der Waals surface area contributed by atoms with E-state index in [4.69, 9.17) is 22.1 Å². The number of nitrogen functional groups attached to an aromatic ring is 1. The molecule has 5 nitrogen and oxygen atoms in total. The number of benzene rings is 1. The first-order valence-electron chi connectivity index (χ1n) is 6.11. The second kappa shape index (κ2) is 6.09. The summed E-state index contributed by atoms with van der Waals surface area (Å²) >= 11 is 5.80. The molecular formula is C12H17ClN2O3S. The number of nitrogens with one attached hydrogen (secondary N) is 1. The predicted octanol–water partition coefficient (Wildman–Crippen LogP) is 1.63.